The fraction of sp³-hybridized carbons (Fsp3) is 0.625. The number of benzene rings is 1. The van der Waals surface area contributed by atoms with Gasteiger partial charge in [0, 0.05) is 26.1 Å². The van der Waals surface area contributed by atoms with Crippen LogP contribution in [0.4, 0.5) is 0 Å². The maximum absolute atomic E-state index is 13.8. The lowest BCUT2D eigenvalue weighted by Gasteiger charge is -2.35. The standard InChI is InChI=1S/C32H47N5O6S/c1-21-28(44-20-35-21)24-7-5-22(6-8-24)16-34-30(40)26-15-25(38)17-37(26)31(41)29(32(2,3)4)36-27(39)19-43-14-13-42-18-23-9-11-33-12-10-23/h5-8,20,23,25-26,29,33,38H,9-19H2,1-4H3,(H,34,40)(H,36,39)/t25-,26+,29-/m1/s1. The van der Waals surface area contributed by atoms with Crippen molar-refractivity contribution in [3.63, 3.8) is 0 Å². The van der Waals surface area contributed by atoms with Gasteiger partial charge in [-0.25, -0.2) is 4.98 Å². The van der Waals surface area contributed by atoms with Crippen molar-refractivity contribution in [2.45, 2.75) is 71.7 Å². The van der Waals surface area contributed by atoms with Gasteiger partial charge in [-0.3, -0.25) is 14.4 Å². The average molecular weight is 630 g/mol. The van der Waals surface area contributed by atoms with Crippen LogP contribution in [0.15, 0.2) is 29.8 Å². The van der Waals surface area contributed by atoms with Crippen LogP contribution in [0.3, 0.4) is 0 Å². The zero-order valence-electron chi connectivity index (χ0n) is 26.3. The van der Waals surface area contributed by atoms with Crippen molar-refractivity contribution in [2.75, 3.05) is 46.1 Å². The number of thiazole rings is 1. The van der Waals surface area contributed by atoms with E-state index in [1.807, 2.05) is 57.5 Å². The molecule has 44 heavy (non-hydrogen) atoms. The van der Waals surface area contributed by atoms with Crippen LogP contribution in [0.25, 0.3) is 10.4 Å². The van der Waals surface area contributed by atoms with Gasteiger partial charge in [-0.05, 0) is 55.3 Å². The summed E-state index contributed by atoms with van der Waals surface area (Å²) in [7, 11) is 0. The third-order valence-electron chi connectivity index (χ3n) is 8.13. The smallest absolute Gasteiger partial charge is 0.246 e. The Morgan fingerprint density at radius 3 is 2.50 bits per heavy atom. The number of carbonyl (C=O) groups is 3. The Balaban J connectivity index is 1.27. The Morgan fingerprint density at radius 2 is 1.84 bits per heavy atom. The van der Waals surface area contributed by atoms with E-state index in [-0.39, 0.29) is 38.6 Å². The Hall–Kier alpha value is -2.90. The molecule has 3 heterocycles. The number of β-amino-alcohol motifs (C(OH)–C–C–N with tert-alkyl or cyclic N) is 1. The first-order valence-corrected chi connectivity index (χ1v) is 16.3. The van der Waals surface area contributed by atoms with Crippen LogP contribution in [0, 0.1) is 18.3 Å². The molecule has 2 fully saturated rings. The van der Waals surface area contributed by atoms with Crippen LogP contribution in [-0.2, 0) is 30.4 Å². The van der Waals surface area contributed by atoms with Crippen molar-refractivity contribution in [3.05, 3.63) is 41.0 Å². The molecule has 4 rings (SSSR count). The first kappa shape index (κ1) is 34.0. The van der Waals surface area contributed by atoms with Crippen molar-refractivity contribution in [3.8, 4) is 10.4 Å². The number of carbonyl (C=O) groups excluding carboxylic acids is 3. The highest BCUT2D eigenvalue weighted by atomic mass is 32.1. The molecule has 0 radical (unpaired) electrons. The fourth-order valence-corrected chi connectivity index (χ4v) is 6.38. The third-order valence-corrected chi connectivity index (χ3v) is 9.11. The van der Waals surface area contributed by atoms with Gasteiger partial charge in [-0.1, -0.05) is 45.0 Å². The monoisotopic (exact) mass is 629 g/mol. The predicted molar refractivity (Wildman–Crippen MR) is 169 cm³/mol. The fourth-order valence-electron chi connectivity index (χ4n) is 5.56. The molecule has 0 spiro atoms. The summed E-state index contributed by atoms with van der Waals surface area (Å²) in [6, 6.07) is 6.16. The second-order valence-corrected chi connectivity index (χ2v) is 13.6. The first-order chi connectivity index (χ1) is 21.0. The van der Waals surface area contributed by atoms with Crippen molar-refractivity contribution >= 4 is 29.1 Å². The number of likely N-dealkylation sites (tertiary alicyclic amines) is 1. The SMILES string of the molecule is Cc1ncsc1-c1ccc(CNC(=O)[C@@H]2C[C@@H](O)CN2C(=O)[C@@H](NC(=O)COCCOCC2CCNCC2)C(C)(C)C)cc1. The minimum Gasteiger partial charge on any atom is -0.391 e. The number of amides is 3. The van der Waals surface area contributed by atoms with E-state index in [0.29, 0.717) is 19.1 Å². The van der Waals surface area contributed by atoms with Gasteiger partial charge in [-0.15, -0.1) is 11.3 Å². The van der Waals surface area contributed by atoms with Crippen molar-refractivity contribution < 1.29 is 29.0 Å². The highest BCUT2D eigenvalue weighted by Gasteiger charge is 2.44. The average Bonchev–Trinajstić information content (AvgIpc) is 3.61. The molecule has 3 atom stereocenters. The van der Waals surface area contributed by atoms with Gasteiger partial charge < -0.3 is 35.4 Å². The molecule has 2 saturated heterocycles. The van der Waals surface area contributed by atoms with Crippen molar-refractivity contribution in [1.29, 1.82) is 0 Å². The van der Waals surface area contributed by atoms with E-state index in [9.17, 15) is 19.5 Å². The maximum Gasteiger partial charge on any atom is 0.246 e. The zero-order chi connectivity index (χ0) is 31.7. The number of piperidine rings is 1. The summed E-state index contributed by atoms with van der Waals surface area (Å²) in [4.78, 5) is 46.6. The van der Waals surface area contributed by atoms with E-state index in [4.69, 9.17) is 9.47 Å². The molecule has 0 unspecified atom stereocenters. The first-order valence-electron chi connectivity index (χ1n) is 15.4. The summed E-state index contributed by atoms with van der Waals surface area (Å²) in [6.45, 7) is 11.0. The molecular formula is C32H47N5O6S. The number of nitrogens with zero attached hydrogens (tertiary/aromatic N) is 2. The van der Waals surface area contributed by atoms with E-state index < -0.39 is 35.4 Å². The van der Waals surface area contributed by atoms with Crippen LogP contribution < -0.4 is 16.0 Å². The number of ether oxygens (including phenoxy) is 2. The number of hydrogen-bond donors (Lipinski definition) is 4. The molecule has 2 aromatic rings. The molecule has 0 aliphatic carbocycles. The molecule has 0 saturated carbocycles. The second kappa shape index (κ2) is 15.9. The summed E-state index contributed by atoms with van der Waals surface area (Å²) < 4.78 is 11.2. The van der Waals surface area contributed by atoms with Gasteiger partial charge in [0.25, 0.3) is 0 Å². The Bertz CT molecular complexity index is 1240. The van der Waals surface area contributed by atoms with E-state index in [1.165, 1.54) is 4.90 Å². The van der Waals surface area contributed by atoms with Crippen LogP contribution in [-0.4, -0.2) is 97.0 Å². The molecule has 11 nitrogen and oxygen atoms in total. The molecule has 242 valence electrons. The Kier molecular flexibility index (Phi) is 12.3. The van der Waals surface area contributed by atoms with Crippen molar-refractivity contribution in [2.24, 2.45) is 11.3 Å². The maximum atomic E-state index is 13.8. The lowest BCUT2D eigenvalue weighted by Crippen LogP contribution is -2.58. The second-order valence-electron chi connectivity index (χ2n) is 12.8. The molecule has 3 amide bonds. The predicted octanol–water partition coefficient (Wildman–Crippen LogP) is 2.26. The zero-order valence-corrected chi connectivity index (χ0v) is 27.1. The number of nitrogens with one attached hydrogen (secondary N) is 3. The van der Waals surface area contributed by atoms with Crippen LogP contribution in [0.5, 0.6) is 0 Å². The number of aliphatic hydroxyl groups excluding tert-OH is 1. The van der Waals surface area contributed by atoms with E-state index in [1.54, 1.807) is 11.3 Å². The summed E-state index contributed by atoms with van der Waals surface area (Å²) in [6.07, 6.45) is 1.50. The molecule has 12 heteroatoms. The topological polar surface area (TPSA) is 142 Å². The third kappa shape index (κ3) is 9.55. The number of rotatable bonds is 13. The summed E-state index contributed by atoms with van der Waals surface area (Å²) >= 11 is 1.58. The van der Waals surface area contributed by atoms with E-state index in [0.717, 1.165) is 47.6 Å². The molecule has 4 N–H and O–H groups in total. The van der Waals surface area contributed by atoms with E-state index in [2.05, 4.69) is 20.9 Å². The van der Waals surface area contributed by atoms with Gasteiger partial charge in [0.05, 0.1) is 35.4 Å². The minimum absolute atomic E-state index is 0.0210. The van der Waals surface area contributed by atoms with Gasteiger partial charge >= 0.3 is 0 Å². The van der Waals surface area contributed by atoms with Crippen LogP contribution in [0.1, 0.15) is 51.3 Å². The highest BCUT2D eigenvalue weighted by molar-refractivity contribution is 7.13. The summed E-state index contributed by atoms with van der Waals surface area (Å²) in [5.74, 6) is -0.617. The van der Waals surface area contributed by atoms with Crippen LogP contribution >= 0.6 is 11.3 Å². The molecule has 1 aromatic carbocycles. The van der Waals surface area contributed by atoms with Gasteiger partial charge in [0.1, 0.15) is 18.7 Å². The summed E-state index contributed by atoms with van der Waals surface area (Å²) in [5, 5.41) is 19.5. The molecule has 1 aromatic heterocycles. The van der Waals surface area contributed by atoms with Gasteiger partial charge in [0.15, 0.2) is 0 Å². The lowest BCUT2D eigenvalue weighted by atomic mass is 9.85. The molecule has 0 bridgehead atoms. The molecule has 2 aliphatic rings. The number of hydrogen-bond acceptors (Lipinski definition) is 9. The Morgan fingerprint density at radius 1 is 1.14 bits per heavy atom. The molecule has 2 aliphatic heterocycles. The molecular weight excluding hydrogens is 582 g/mol. The van der Waals surface area contributed by atoms with Gasteiger partial charge in [0.2, 0.25) is 17.7 Å². The largest absolute Gasteiger partial charge is 0.391 e. The normalized spacial score (nSPS) is 20.0. The minimum atomic E-state index is -0.905. The van der Waals surface area contributed by atoms with Crippen LogP contribution in [0.2, 0.25) is 0 Å². The van der Waals surface area contributed by atoms with E-state index >= 15 is 0 Å². The van der Waals surface area contributed by atoms with Crippen molar-refractivity contribution in [1.82, 2.24) is 25.8 Å². The summed E-state index contributed by atoms with van der Waals surface area (Å²) in [5.41, 5.74) is 4.14. The number of aliphatic hydroxyl groups is 1. The number of aryl methyl sites for hydroxylation is 1. The van der Waals surface area contributed by atoms with Gasteiger partial charge in [-0.2, -0.15) is 0 Å². The number of aromatic nitrogens is 1. The quantitative estimate of drug-likeness (QED) is 0.247. The Labute approximate surface area is 264 Å². The lowest BCUT2D eigenvalue weighted by molar-refractivity contribution is -0.144. The highest BCUT2D eigenvalue weighted by Crippen LogP contribution is 2.28.